The van der Waals surface area contributed by atoms with Gasteiger partial charge in [-0.3, -0.25) is 4.79 Å². The summed E-state index contributed by atoms with van der Waals surface area (Å²) in [6.07, 6.45) is 2.67. The van der Waals surface area contributed by atoms with Gasteiger partial charge in [0.1, 0.15) is 0 Å². The summed E-state index contributed by atoms with van der Waals surface area (Å²) in [7, 11) is 1.61. The lowest BCUT2D eigenvalue weighted by Crippen LogP contribution is -2.44. The number of aliphatic hydroxyl groups is 1. The lowest BCUT2D eigenvalue weighted by atomic mass is 9.79. The standard InChI is InChI=1S/C13H26N2O3/c1-10-7-11(9-12(14)8-10)13(17)15(3-5-16)4-6-18-2/h10-12,16H,3-9,14H2,1-2H3. The Morgan fingerprint density at radius 1 is 1.39 bits per heavy atom. The molecular formula is C13H26N2O3. The maximum atomic E-state index is 12.4. The number of amides is 1. The number of carbonyl (C=O) groups excluding carboxylic acids is 1. The highest BCUT2D eigenvalue weighted by molar-refractivity contribution is 5.79. The predicted molar refractivity (Wildman–Crippen MR) is 70.0 cm³/mol. The minimum absolute atomic E-state index is 0.00663. The molecule has 1 fully saturated rings. The second-order valence-electron chi connectivity index (χ2n) is 5.31. The van der Waals surface area contributed by atoms with Crippen molar-refractivity contribution < 1.29 is 14.6 Å². The molecule has 1 amide bonds. The van der Waals surface area contributed by atoms with Gasteiger partial charge in [-0.25, -0.2) is 0 Å². The Hall–Kier alpha value is -0.650. The van der Waals surface area contributed by atoms with Crippen LogP contribution in [0, 0.1) is 11.8 Å². The monoisotopic (exact) mass is 258 g/mol. The second-order valence-corrected chi connectivity index (χ2v) is 5.31. The van der Waals surface area contributed by atoms with Gasteiger partial charge in [0.2, 0.25) is 5.91 Å². The number of hydrogen-bond acceptors (Lipinski definition) is 4. The van der Waals surface area contributed by atoms with E-state index >= 15 is 0 Å². The Morgan fingerprint density at radius 2 is 2.11 bits per heavy atom. The van der Waals surface area contributed by atoms with Crippen LogP contribution in [0.15, 0.2) is 0 Å². The molecule has 3 unspecified atom stereocenters. The summed E-state index contributed by atoms with van der Waals surface area (Å²) < 4.78 is 5.00. The first kappa shape index (κ1) is 15.4. The van der Waals surface area contributed by atoms with E-state index in [1.165, 1.54) is 0 Å². The molecule has 1 aliphatic carbocycles. The molecule has 0 aromatic carbocycles. The smallest absolute Gasteiger partial charge is 0.225 e. The highest BCUT2D eigenvalue weighted by atomic mass is 16.5. The number of carbonyl (C=O) groups is 1. The van der Waals surface area contributed by atoms with Gasteiger partial charge in [0.25, 0.3) is 0 Å². The van der Waals surface area contributed by atoms with Gasteiger partial charge in [0.05, 0.1) is 13.2 Å². The van der Waals surface area contributed by atoms with Gasteiger partial charge < -0.3 is 20.5 Å². The zero-order chi connectivity index (χ0) is 13.5. The average Bonchev–Trinajstić information content (AvgIpc) is 2.32. The Bertz CT molecular complexity index is 251. The Kier molecular flexibility index (Phi) is 6.60. The van der Waals surface area contributed by atoms with E-state index in [0.717, 1.165) is 19.3 Å². The first-order chi connectivity index (χ1) is 8.58. The van der Waals surface area contributed by atoms with Crippen LogP contribution >= 0.6 is 0 Å². The van der Waals surface area contributed by atoms with Crippen molar-refractivity contribution in [1.82, 2.24) is 4.90 Å². The molecule has 0 heterocycles. The van der Waals surface area contributed by atoms with E-state index < -0.39 is 0 Å². The van der Waals surface area contributed by atoms with E-state index in [1.807, 2.05) is 0 Å². The summed E-state index contributed by atoms with van der Waals surface area (Å²) in [6.45, 7) is 3.55. The number of ether oxygens (including phenoxy) is 1. The van der Waals surface area contributed by atoms with Crippen LogP contribution in [-0.2, 0) is 9.53 Å². The van der Waals surface area contributed by atoms with E-state index in [2.05, 4.69) is 6.92 Å². The molecule has 0 saturated heterocycles. The third-order valence-electron chi connectivity index (χ3n) is 3.58. The van der Waals surface area contributed by atoms with E-state index in [-0.39, 0.29) is 24.5 Å². The van der Waals surface area contributed by atoms with Crippen molar-refractivity contribution in [2.75, 3.05) is 33.4 Å². The second kappa shape index (κ2) is 7.71. The van der Waals surface area contributed by atoms with Gasteiger partial charge in [-0.1, -0.05) is 6.92 Å². The first-order valence-electron chi connectivity index (χ1n) is 6.72. The maximum Gasteiger partial charge on any atom is 0.225 e. The molecule has 5 nitrogen and oxygen atoms in total. The summed E-state index contributed by atoms with van der Waals surface area (Å²) in [5.41, 5.74) is 5.98. The fourth-order valence-electron chi connectivity index (χ4n) is 2.77. The van der Waals surface area contributed by atoms with E-state index in [9.17, 15) is 4.79 Å². The highest BCUT2D eigenvalue weighted by Gasteiger charge is 2.31. The van der Waals surface area contributed by atoms with Crippen molar-refractivity contribution >= 4 is 5.91 Å². The summed E-state index contributed by atoms with van der Waals surface area (Å²) in [5, 5.41) is 9.03. The minimum atomic E-state index is -0.0101. The number of aliphatic hydroxyl groups excluding tert-OH is 1. The average molecular weight is 258 g/mol. The Labute approximate surface area is 109 Å². The van der Waals surface area contributed by atoms with Crippen molar-refractivity contribution in [3.8, 4) is 0 Å². The van der Waals surface area contributed by atoms with Crippen molar-refractivity contribution in [3.63, 3.8) is 0 Å². The summed E-state index contributed by atoms with van der Waals surface area (Å²) >= 11 is 0. The Morgan fingerprint density at radius 3 is 2.67 bits per heavy atom. The number of hydrogen-bond donors (Lipinski definition) is 2. The van der Waals surface area contributed by atoms with E-state index in [4.69, 9.17) is 15.6 Å². The molecule has 1 saturated carbocycles. The molecule has 0 bridgehead atoms. The number of methoxy groups -OCH3 is 1. The van der Waals surface area contributed by atoms with Crippen LogP contribution in [0.1, 0.15) is 26.2 Å². The summed E-state index contributed by atoms with van der Waals surface area (Å²) in [4.78, 5) is 14.1. The van der Waals surface area contributed by atoms with Crippen LogP contribution in [-0.4, -0.2) is 55.4 Å². The molecule has 0 aliphatic heterocycles. The van der Waals surface area contributed by atoms with Crippen LogP contribution in [0.2, 0.25) is 0 Å². The van der Waals surface area contributed by atoms with Gasteiger partial charge in [0.15, 0.2) is 0 Å². The van der Waals surface area contributed by atoms with Crippen LogP contribution in [0.3, 0.4) is 0 Å². The van der Waals surface area contributed by atoms with Crippen molar-refractivity contribution in [3.05, 3.63) is 0 Å². The normalized spacial score (nSPS) is 28.1. The summed E-state index contributed by atoms with van der Waals surface area (Å²) in [5.74, 6) is 0.622. The van der Waals surface area contributed by atoms with Gasteiger partial charge in [0, 0.05) is 32.2 Å². The van der Waals surface area contributed by atoms with Crippen molar-refractivity contribution in [2.24, 2.45) is 17.6 Å². The largest absolute Gasteiger partial charge is 0.395 e. The molecule has 18 heavy (non-hydrogen) atoms. The van der Waals surface area contributed by atoms with Crippen molar-refractivity contribution in [2.45, 2.75) is 32.2 Å². The zero-order valence-electron chi connectivity index (χ0n) is 11.5. The summed E-state index contributed by atoms with van der Waals surface area (Å²) in [6, 6.07) is 0.126. The third kappa shape index (κ3) is 4.55. The van der Waals surface area contributed by atoms with Crippen LogP contribution in [0.25, 0.3) is 0 Å². The zero-order valence-corrected chi connectivity index (χ0v) is 11.5. The van der Waals surface area contributed by atoms with Gasteiger partial charge >= 0.3 is 0 Å². The molecule has 0 radical (unpaired) electrons. The molecule has 0 aromatic rings. The number of nitrogens with two attached hydrogens (primary N) is 1. The molecule has 3 atom stereocenters. The molecule has 0 spiro atoms. The Balaban J connectivity index is 2.57. The predicted octanol–water partition coefficient (Wildman–Crippen LogP) is 0.217. The van der Waals surface area contributed by atoms with Crippen molar-refractivity contribution in [1.29, 1.82) is 0 Å². The molecule has 1 rings (SSSR count). The van der Waals surface area contributed by atoms with Crippen LogP contribution in [0.5, 0.6) is 0 Å². The van der Waals surface area contributed by atoms with Gasteiger partial charge in [-0.05, 0) is 25.2 Å². The topological polar surface area (TPSA) is 75.8 Å². The lowest BCUT2D eigenvalue weighted by Gasteiger charge is -2.34. The molecular weight excluding hydrogens is 232 g/mol. The molecule has 1 aliphatic rings. The highest BCUT2D eigenvalue weighted by Crippen LogP contribution is 2.29. The van der Waals surface area contributed by atoms with Gasteiger partial charge in [-0.2, -0.15) is 0 Å². The van der Waals surface area contributed by atoms with E-state index in [0.29, 0.717) is 25.6 Å². The minimum Gasteiger partial charge on any atom is -0.395 e. The quantitative estimate of drug-likeness (QED) is 0.714. The van der Waals surface area contributed by atoms with E-state index in [1.54, 1.807) is 12.0 Å². The van der Waals surface area contributed by atoms with Crippen LogP contribution in [0.4, 0.5) is 0 Å². The molecule has 0 aromatic heterocycles. The molecule has 5 heteroatoms. The van der Waals surface area contributed by atoms with Crippen LogP contribution < -0.4 is 5.73 Å². The number of rotatable bonds is 6. The maximum absolute atomic E-state index is 12.4. The first-order valence-corrected chi connectivity index (χ1v) is 6.72. The lowest BCUT2D eigenvalue weighted by molar-refractivity contribution is -0.138. The third-order valence-corrected chi connectivity index (χ3v) is 3.58. The van der Waals surface area contributed by atoms with Gasteiger partial charge in [-0.15, -0.1) is 0 Å². The molecule has 3 N–H and O–H groups in total. The molecule has 106 valence electrons. The fourth-order valence-corrected chi connectivity index (χ4v) is 2.77. The fraction of sp³-hybridized carbons (Fsp3) is 0.923. The number of nitrogens with zero attached hydrogens (tertiary/aromatic N) is 1. The SMILES string of the molecule is COCCN(CCO)C(=O)C1CC(C)CC(N)C1.